The molecule has 1 aromatic heterocycles. The first kappa shape index (κ1) is 9.03. The summed E-state index contributed by atoms with van der Waals surface area (Å²) in [5.41, 5.74) is 0.907. The van der Waals surface area contributed by atoms with Gasteiger partial charge in [0.05, 0.1) is 6.61 Å². The quantitative estimate of drug-likeness (QED) is 0.543. The van der Waals surface area contributed by atoms with Crippen molar-refractivity contribution in [2.45, 2.75) is 6.61 Å². The van der Waals surface area contributed by atoms with Crippen molar-refractivity contribution in [3.05, 3.63) is 48.7 Å². The van der Waals surface area contributed by atoms with E-state index in [4.69, 9.17) is 9.15 Å². The minimum Gasteiger partial charge on any atom is -0.459 e. The van der Waals surface area contributed by atoms with Crippen molar-refractivity contribution in [3.63, 3.8) is 0 Å². The van der Waals surface area contributed by atoms with E-state index in [9.17, 15) is 0 Å². The molecule has 72 valence electrons. The van der Waals surface area contributed by atoms with Crippen LogP contribution in [0.25, 0.3) is 11.0 Å². The Hall–Kier alpha value is -1.54. The molecule has 0 bridgehead atoms. The Labute approximate surface area is 82.8 Å². The van der Waals surface area contributed by atoms with Gasteiger partial charge in [0.2, 0.25) is 0 Å². The van der Waals surface area contributed by atoms with Gasteiger partial charge in [-0.1, -0.05) is 24.3 Å². The third kappa shape index (κ3) is 1.86. The molecule has 0 fully saturated rings. The summed E-state index contributed by atoms with van der Waals surface area (Å²) < 4.78 is 10.8. The number of para-hydroxylation sites is 1. The molecule has 0 amide bonds. The summed E-state index contributed by atoms with van der Waals surface area (Å²) in [5.74, 6) is 0.855. The predicted molar refractivity (Wildman–Crippen MR) is 56.1 cm³/mol. The smallest absolute Gasteiger partial charge is 0.134 e. The molecule has 2 aromatic rings. The molecule has 2 nitrogen and oxygen atoms in total. The normalized spacial score (nSPS) is 10.6. The zero-order chi connectivity index (χ0) is 9.80. The van der Waals surface area contributed by atoms with Crippen LogP contribution in [0.4, 0.5) is 0 Å². The third-order valence-electron chi connectivity index (χ3n) is 1.96. The molecule has 0 radical (unpaired) electrons. The lowest BCUT2D eigenvalue weighted by molar-refractivity contribution is 0.133. The highest BCUT2D eigenvalue weighted by molar-refractivity contribution is 5.77. The number of furan rings is 1. The second-order valence-electron chi connectivity index (χ2n) is 3.05. The minimum absolute atomic E-state index is 0.501. The van der Waals surface area contributed by atoms with Crippen molar-refractivity contribution in [2.75, 3.05) is 6.61 Å². The summed E-state index contributed by atoms with van der Waals surface area (Å²) >= 11 is 0. The molecule has 0 saturated heterocycles. The van der Waals surface area contributed by atoms with E-state index in [1.165, 1.54) is 0 Å². The van der Waals surface area contributed by atoms with Gasteiger partial charge in [0.1, 0.15) is 18.0 Å². The van der Waals surface area contributed by atoms with Gasteiger partial charge in [-0.3, -0.25) is 0 Å². The van der Waals surface area contributed by atoms with E-state index >= 15 is 0 Å². The maximum absolute atomic E-state index is 5.56. The molecular weight excluding hydrogens is 176 g/mol. The van der Waals surface area contributed by atoms with Gasteiger partial charge in [0.15, 0.2) is 0 Å². The van der Waals surface area contributed by atoms with E-state index in [1.54, 1.807) is 6.08 Å². The fourth-order valence-corrected chi connectivity index (χ4v) is 1.35. The number of benzene rings is 1. The summed E-state index contributed by atoms with van der Waals surface area (Å²) in [6, 6.07) is 9.92. The van der Waals surface area contributed by atoms with Gasteiger partial charge in [-0.25, -0.2) is 0 Å². The largest absolute Gasteiger partial charge is 0.459 e. The summed E-state index contributed by atoms with van der Waals surface area (Å²) in [4.78, 5) is 0. The van der Waals surface area contributed by atoms with Crippen LogP contribution in [-0.2, 0) is 11.3 Å². The van der Waals surface area contributed by atoms with Crippen molar-refractivity contribution in [3.8, 4) is 0 Å². The van der Waals surface area contributed by atoms with Crippen LogP contribution < -0.4 is 0 Å². The fraction of sp³-hybridized carbons (Fsp3) is 0.167. The zero-order valence-electron chi connectivity index (χ0n) is 7.90. The van der Waals surface area contributed by atoms with E-state index in [2.05, 4.69) is 6.58 Å². The molecule has 2 heteroatoms. The van der Waals surface area contributed by atoms with Gasteiger partial charge in [0.25, 0.3) is 0 Å². The Morgan fingerprint density at radius 1 is 1.36 bits per heavy atom. The maximum atomic E-state index is 5.56. The Balaban J connectivity index is 2.14. The molecule has 0 saturated carbocycles. The van der Waals surface area contributed by atoms with E-state index < -0.39 is 0 Å². The Bertz CT molecular complexity index is 396. The molecule has 0 spiro atoms. The van der Waals surface area contributed by atoms with Crippen LogP contribution in [0.5, 0.6) is 0 Å². The van der Waals surface area contributed by atoms with Crippen molar-refractivity contribution < 1.29 is 9.15 Å². The zero-order valence-corrected chi connectivity index (χ0v) is 7.90. The van der Waals surface area contributed by atoms with Gasteiger partial charge < -0.3 is 9.15 Å². The second-order valence-corrected chi connectivity index (χ2v) is 3.05. The molecular formula is C12H12O2. The molecule has 0 unspecified atom stereocenters. The highest BCUT2D eigenvalue weighted by Crippen LogP contribution is 2.19. The maximum Gasteiger partial charge on any atom is 0.134 e. The van der Waals surface area contributed by atoms with Crippen molar-refractivity contribution >= 4 is 11.0 Å². The van der Waals surface area contributed by atoms with Gasteiger partial charge in [0, 0.05) is 5.39 Å². The van der Waals surface area contributed by atoms with Crippen LogP contribution in [0.2, 0.25) is 0 Å². The second kappa shape index (κ2) is 4.11. The first-order valence-electron chi connectivity index (χ1n) is 4.56. The van der Waals surface area contributed by atoms with Gasteiger partial charge >= 0.3 is 0 Å². The van der Waals surface area contributed by atoms with Crippen LogP contribution in [0.1, 0.15) is 5.76 Å². The average molecular weight is 188 g/mol. The van der Waals surface area contributed by atoms with Crippen LogP contribution in [0, 0.1) is 0 Å². The Kier molecular flexibility index (Phi) is 2.65. The number of fused-ring (bicyclic) bond motifs is 1. The van der Waals surface area contributed by atoms with E-state index in [0.29, 0.717) is 13.2 Å². The van der Waals surface area contributed by atoms with Crippen LogP contribution in [0.15, 0.2) is 47.4 Å². The molecule has 1 heterocycles. The molecule has 1 aromatic carbocycles. The lowest BCUT2D eigenvalue weighted by Crippen LogP contribution is -1.89. The van der Waals surface area contributed by atoms with Crippen molar-refractivity contribution in [2.24, 2.45) is 0 Å². The van der Waals surface area contributed by atoms with Crippen molar-refractivity contribution in [1.29, 1.82) is 0 Å². The highest BCUT2D eigenvalue weighted by Gasteiger charge is 2.01. The van der Waals surface area contributed by atoms with E-state index in [-0.39, 0.29) is 0 Å². The Morgan fingerprint density at radius 2 is 2.21 bits per heavy atom. The molecule has 0 N–H and O–H groups in total. The monoisotopic (exact) mass is 188 g/mol. The first-order valence-corrected chi connectivity index (χ1v) is 4.56. The summed E-state index contributed by atoms with van der Waals surface area (Å²) in [5, 5.41) is 1.12. The summed E-state index contributed by atoms with van der Waals surface area (Å²) in [7, 11) is 0. The predicted octanol–water partition coefficient (Wildman–Crippen LogP) is 3.14. The van der Waals surface area contributed by atoms with E-state index in [1.807, 2.05) is 30.3 Å². The number of rotatable bonds is 4. The molecule has 0 atom stereocenters. The molecule has 0 aliphatic rings. The van der Waals surface area contributed by atoms with Gasteiger partial charge in [-0.2, -0.15) is 0 Å². The average Bonchev–Trinajstić information content (AvgIpc) is 2.60. The standard InChI is InChI=1S/C12H12O2/c1-2-7-13-9-11-8-10-5-3-4-6-12(10)14-11/h2-6,8H,1,7,9H2. The SMILES string of the molecule is C=CCOCc1cc2ccccc2o1. The van der Waals surface area contributed by atoms with Crippen LogP contribution in [0.3, 0.4) is 0 Å². The molecule has 2 rings (SSSR count). The lowest BCUT2D eigenvalue weighted by Gasteiger charge is -1.95. The highest BCUT2D eigenvalue weighted by atomic mass is 16.5. The van der Waals surface area contributed by atoms with E-state index in [0.717, 1.165) is 16.7 Å². The molecule has 0 aliphatic heterocycles. The lowest BCUT2D eigenvalue weighted by atomic mass is 10.2. The summed E-state index contributed by atoms with van der Waals surface area (Å²) in [6.07, 6.45) is 1.72. The first-order chi connectivity index (χ1) is 6.90. The van der Waals surface area contributed by atoms with Gasteiger partial charge in [-0.05, 0) is 12.1 Å². The minimum atomic E-state index is 0.501. The van der Waals surface area contributed by atoms with Crippen LogP contribution in [-0.4, -0.2) is 6.61 Å². The fourth-order valence-electron chi connectivity index (χ4n) is 1.35. The molecule has 0 aliphatic carbocycles. The summed E-state index contributed by atoms with van der Waals surface area (Å²) in [6.45, 7) is 4.63. The topological polar surface area (TPSA) is 22.4 Å². The number of ether oxygens (including phenoxy) is 1. The van der Waals surface area contributed by atoms with Crippen molar-refractivity contribution in [1.82, 2.24) is 0 Å². The Morgan fingerprint density at radius 3 is 3.00 bits per heavy atom. The third-order valence-corrected chi connectivity index (χ3v) is 1.96. The molecule has 14 heavy (non-hydrogen) atoms. The number of hydrogen-bond donors (Lipinski definition) is 0. The van der Waals surface area contributed by atoms with Crippen LogP contribution >= 0.6 is 0 Å². The number of hydrogen-bond acceptors (Lipinski definition) is 2. The van der Waals surface area contributed by atoms with Gasteiger partial charge in [-0.15, -0.1) is 6.58 Å².